The van der Waals surface area contributed by atoms with Crippen LogP contribution in [0, 0.1) is 17.8 Å². The highest BCUT2D eigenvalue weighted by atomic mass is 16.6. The second-order valence-corrected chi connectivity index (χ2v) is 16.8. The van der Waals surface area contributed by atoms with E-state index in [1.165, 1.54) is 7.11 Å². The molecule has 4 aliphatic rings. The third-order valence-corrected chi connectivity index (χ3v) is 13.0. The SMILES string of the molecule is COCCOC(=O)N1C(=O)[C@@]2(c3cc(C#CCNC(N)=O)ccc31)[C@H](C(=O)N1CCN(c3ncccn3)CC1)[C@H]1C(=O)O[C@H](c3ccccc3)[C@H](c3ccccc3)N1[C@@H]2c1ccc(OCCO)cc1. The molecule has 4 aliphatic heterocycles. The number of aliphatic hydroxyl groups is 1. The number of carbonyl (C=O) groups excluding carboxylic acids is 5. The van der Waals surface area contributed by atoms with Crippen LogP contribution >= 0.6 is 0 Å². The molecule has 0 bridgehead atoms. The summed E-state index contributed by atoms with van der Waals surface area (Å²) in [7, 11) is 1.45. The first-order chi connectivity index (χ1) is 33.7. The largest absolute Gasteiger partial charge is 0.491 e. The molecule has 5 aromatic rings. The van der Waals surface area contributed by atoms with Gasteiger partial charge in [-0.25, -0.2) is 24.5 Å². The van der Waals surface area contributed by atoms with Gasteiger partial charge in [-0.2, -0.15) is 0 Å². The fraction of sp³-hybridized carbons (Fsp3) is 0.314. The van der Waals surface area contributed by atoms with E-state index in [4.69, 9.17) is 24.7 Å². The smallest absolute Gasteiger partial charge is 0.421 e. The topological polar surface area (TPSA) is 219 Å². The number of aliphatic hydroxyl groups excluding tert-OH is 1. The lowest BCUT2D eigenvalue weighted by Crippen LogP contribution is -2.59. The van der Waals surface area contributed by atoms with Crippen molar-refractivity contribution in [1.29, 1.82) is 0 Å². The highest BCUT2D eigenvalue weighted by molar-refractivity contribution is 6.23. The summed E-state index contributed by atoms with van der Waals surface area (Å²) in [5.41, 5.74) is 5.94. The number of aromatic nitrogens is 2. The molecule has 3 fully saturated rings. The lowest BCUT2D eigenvalue weighted by Gasteiger charge is -2.46. The fourth-order valence-electron chi connectivity index (χ4n) is 10.2. The molecule has 9 rings (SSSR count). The standard InChI is InChI=1S/C51H50N8O10/c1-66-30-31-68-50(65)58-39-20-15-33(10-8-21-53-48(52)64)32-38(39)51(47(58)63)40(45(61)56-24-26-57(27-25-56)49-54-22-9-23-55-49)42-46(62)69-43(35-13-6-3-7-14-35)41(34-11-4-2-5-12-34)59(42)44(51)36-16-18-37(19-17-36)67-29-28-60/h2-7,9,11-20,22-23,32,40-44,60H,21,24-31H2,1H3,(H3,52,53,64)/t40-,41-,42-,43+,44+,51-/m0/s1. The number of esters is 1. The molecule has 6 atom stereocenters. The minimum Gasteiger partial charge on any atom is -0.491 e. The first kappa shape index (κ1) is 46.3. The molecular weight excluding hydrogens is 885 g/mol. The number of fused-ring (bicyclic) bond motifs is 3. The van der Waals surface area contributed by atoms with Crippen LogP contribution < -0.4 is 25.6 Å². The van der Waals surface area contributed by atoms with Crippen molar-refractivity contribution in [1.82, 2.24) is 25.1 Å². The van der Waals surface area contributed by atoms with E-state index in [1.807, 2.05) is 70.5 Å². The Morgan fingerprint density at radius 1 is 0.841 bits per heavy atom. The maximum atomic E-state index is 16.4. The summed E-state index contributed by atoms with van der Waals surface area (Å²) in [6, 6.07) is 28.1. The number of amides is 5. The average molecular weight is 935 g/mol. The van der Waals surface area contributed by atoms with E-state index in [0.29, 0.717) is 41.5 Å². The Morgan fingerprint density at radius 3 is 2.20 bits per heavy atom. The second-order valence-electron chi connectivity index (χ2n) is 16.8. The van der Waals surface area contributed by atoms with E-state index in [1.54, 1.807) is 65.8 Å². The number of morpholine rings is 1. The van der Waals surface area contributed by atoms with Crippen LogP contribution in [0.2, 0.25) is 0 Å². The van der Waals surface area contributed by atoms with Crippen LogP contribution in [-0.4, -0.2) is 127 Å². The number of hydrogen-bond donors (Lipinski definition) is 3. The van der Waals surface area contributed by atoms with Gasteiger partial charge in [-0.05, 0) is 58.7 Å². The van der Waals surface area contributed by atoms with E-state index >= 15 is 14.4 Å². The van der Waals surface area contributed by atoms with Crippen LogP contribution in [0.1, 0.15) is 46.0 Å². The monoisotopic (exact) mass is 934 g/mol. The lowest BCUT2D eigenvalue weighted by atomic mass is 9.65. The quantitative estimate of drug-likeness (QED) is 0.0925. The lowest BCUT2D eigenvalue weighted by molar-refractivity contribution is -0.179. The molecular formula is C51H50N8O10. The zero-order chi connectivity index (χ0) is 48.1. The summed E-state index contributed by atoms with van der Waals surface area (Å²) >= 11 is 0. The molecule has 18 heteroatoms. The molecule has 5 heterocycles. The predicted octanol–water partition coefficient (Wildman–Crippen LogP) is 3.66. The molecule has 0 aliphatic carbocycles. The summed E-state index contributed by atoms with van der Waals surface area (Å²) in [4.78, 5) is 89.5. The van der Waals surface area contributed by atoms with Crippen LogP contribution in [0.5, 0.6) is 5.75 Å². The Kier molecular flexibility index (Phi) is 13.5. The number of nitrogens with two attached hydrogens (primary N) is 1. The van der Waals surface area contributed by atoms with Crippen LogP contribution in [-0.2, 0) is 34.0 Å². The fourth-order valence-corrected chi connectivity index (χ4v) is 10.2. The van der Waals surface area contributed by atoms with E-state index in [9.17, 15) is 14.7 Å². The van der Waals surface area contributed by atoms with Crippen molar-refractivity contribution in [2.24, 2.45) is 11.7 Å². The summed E-state index contributed by atoms with van der Waals surface area (Å²) in [6.07, 6.45) is 1.34. The number of imide groups is 1. The van der Waals surface area contributed by atoms with Crippen molar-refractivity contribution in [2.75, 3.05) is 76.1 Å². The summed E-state index contributed by atoms with van der Waals surface area (Å²) < 4.78 is 23.3. The van der Waals surface area contributed by atoms with E-state index in [2.05, 4.69) is 27.1 Å². The van der Waals surface area contributed by atoms with Gasteiger partial charge in [0.15, 0.2) is 0 Å². The van der Waals surface area contributed by atoms with Gasteiger partial charge in [0.1, 0.15) is 36.5 Å². The number of anilines is 2. The molecule has 1 spiro atoms. The van der Waals surface area contributed by atoms with E-state index in [-0.39, 0.29) is 57.3 Å². The van der Waals surface area contributed by atoms with Gasteiger partial charge in [0.05, 0.1) is 43.4 Å². The number of hydrogen-bond acceptors (Lipinski definition) is 14. The van der Waals surface area contributed by atoms with Gasteiger partial charge >= 0.3 is 18.1 Å². The number of benzene rings is 4. The average Bonchev–Trinajstić information content (AvgIpc) is 3.84. The highest BCUT2D eigenvalue weighted by Crippen LogP contribution is 2.66. The number of rotatable bonds is 12. The zero-order valence-electron chi connectivity index (χ0n) is 37.7. The summed E-state index contributed by atoms with van der Waals surface area (Å²) in [5, 5.41) is 12.1. The summed E-state index contributed by atoms with van der Waals surface area (Å²) in [6.45, 7) is 0.603. The molecule has 4 N–H and O–H groups in total. The van der Waals surface area contributed by atoms with Gasteiger partial charge < -0.3 is 44.9 Å². The van der Waals surface area contributed by atoms with Crippen LogP contribution in [0.4, 0.5) is 21.2 Å². The maximum absolute atomic E-state index is 16.4. The van der Waals surface area contributed by atoms with Crippen molar-refractivity contribution >= 4 is 41.5 Å². The molecule has 18 nitrogen and oxygen atoms in total. The molecule has 354 valence electrons. The van der Waals surface area contributed by atoms with Crippen LogP contribution in [0.25, 0.3) is 0 Å². The molecule has 0 radical (unpaired) electrons. The first-order valence-corrected chi connectivity index (χ1v) is 22.6. The van der Waals surface area contributed by atoms with E-state index < -0.39 is 65.5 Å². The highest BCUT2D eigenvalue weighted by Gasteiger charge is 2.76. The Bertz CT molecular complexity index is 2750. The number of primary amides is 1. The van der Waals surface area contributed by atoms with Crippen molar-refractivity contribution in [3.63, 3.8) is 0 Å². The zero-order valence-corrected chi connectivity index (χ0v) is 37.7. The van der Waals surface area contributed by atoms with Gasteiger partial charge in [0.2, 0.25) is 17.8 Å². The number of piperazine rings is 1. The minimum atomic E-state index is -2.06. The van der Waals surface area contributed by atoms with E-state index in [0.717, 1.165) is 10.5 Å². The molecule has 4 aromatic carbocycles. The Hall–Kier alpha value is -7.85. The van der Waals surface area contributed by atoms with Gasteiger partial charge in [-0.3, -0.25) is 19.3 Å². The Labute approximate surface area is 397 Å². The number of nitrogens with zero attached hydrogens (tertiary/aromatic N) is 6. The van der Waals surface area contributed by atoms with Crippen molar-refractivity contribution in [3.05, 3.63) is 149 Å². The normalized spacial score (nSPS) is 22.8. The molecule has 5 amide bonds. The second kappa shape index (κ2) is 20.2. The maximum Gasteiger partial charge on any atom is 0.421 e. The van der Waals surface area contributed by atoms with Gasteiger partial charge in [0, 0.05) is 51.2 Å². The number of urea groups is 1. The first-order valence-electron chi connectivity index (χ1n) is 22.6. The number of nitrogens with one attached hydrogen (secondary N) is 1. The third kappa shape index (κ3) is 8.67. The number of cyclic esters (lactones) is 1. The van der Waals surface area contributed by atoms with Gasteiger partial charge in [-0.15, -0.1) is 0 Å². The molecule has 3 saturated heterocycles. The molecule has 0 saturated carbocycles. The molecule has 0 unspecified atom stereocenters. The van der Waals surface area contributed by atoms with Gasteiger partial charge in [0.25, 0.3) is 0 Å². The Balaban J connectivity index is 1.31. The third-order valence-electron chi connectivity index (χ3n) is 13.0. The van der Waals surface area contributed by atoms with Crippen molar-refractivity contribution < 1.29 is 48.0 Å². The van der Waals surface area contributed by atoms with Crippen LogP contribution in [0.15, 0.2) is 122 Å². The Morgan fingerprint density at radius 2 is 1.54 bits per heavy atom. The molecule has 1 aromatic heterocycles. The van der Waals surface area contributed by atoms with Crippen molar-refractivity contribution in [2.45, 2.75) is 29.6 Å². The molecule has 69 heavy (non-hydrogen) atoms. The van der Waals surface area contributed by atoms with Gasteiger partial charge in [-0.1, -0.05) is 84.6 Å². The predicted molar refractivity (Wildman–Crippen MR) is 249 cm³/mol. The summed E-state index contributed by atoms with van der Waals surface area (Å²) in [5.74, 6) is 3.28. The number of methoxy groups -OCH3 is 1. The van der Waals surface area contributed by atoms with Crippen molar-refractivity contribution in [3.8, 4) is 17.6 Å². The minimum absolute atomic E-state index is 0.0204. The van der Waals surface area contributed by atoms with Crippen LogP contribution in [0.3, 0.4) is 0 Å². The number of carbonyl (C=O) groups is 5. The number of ether oxygens (including phenoxy) is 4.